The molecule has 2 aromatic carbocycles. The molecule has 0 unspecified atom stereocenters. The molecule has 0 saturated heterocycles. The van der Waals surface area contributed by atoms with Crippen molar-refractivity contribution in [1.82, 2.24) is 4.98 Å². The van der Waals surface area contributed by atoms with Crippen LogP contribution in [0.15, 0.2) is 54.6 Å². The Morgan fingerprint density at radius 2 is 1.62 bits per heavy atom. The molecule has 1 heterocycles. The van der Waals surface area contributed by atoms with Crippen molar-refractivity contribution >= 4 is 10.9 Å². The van der Waals surface area contributed by atoms with E-state index < -0.39 is 11.9 Å². The molecule has 0 aliphatic rings. The van der Waals surface area contributed by atoms with Gasteiger partial charge in [0.05, 0.1) is 5.52 Å². The zero-order valence-electron chi connectivity index (χ0n) is 11.3. The second-order valence-electron chi connectivity index (χ2n) is 4.94. The van der Waals surface area contributed by atoms with Gasteiger partial charge in [0.2, 0.25) is 0 Å². The van der Waals surface area contributed by atoms with E-state index in [1.165, 1.54) is 0 Å². The summed E-state index contributed by atoms with van der Waals surface area (Å²) in [5.41, 5.74) is 1.78. The minimum atomic E-state index is -4.46. The Morgan fingerprint density at radius 1 is 0.905 bits per heavy atom. The van der Waals surface area contributed by atoms with Crippen LogP contribution in [-0.4, -0.2) is 4.98 Å². The number of pyridine rings is 1. The van der Waals surface area contributed by atoms with E-state index in [2.05, 4.69) is 4.98 Å². The molecule has 0 spiro atoms. The van der Waals surface area contributed by atoms with Crippen LogP contribution in [0.1, 0.15) is 11.3 Å². The molecule has 1 nitrogen and oxygen atoms in total. The molecular formula is C17H12F3N. The van der Waals surface area contributed by atoms with Gasteiger partial charge in [-0.25, -0.2) is 4.98 Å². The molecule has 106 valence electrons. The van der Waals surface area contributed by atoms with Crippen molar-refractivity contribution in [2.45, 2.75) is 13.1 Å². The first kappa shape index (κ1) is 13.6. The van der Waals surface area contributed by atoms with Gasteiger partial charge in [0.25, 0.3) is 0 Å². The Labute approximate surface area is 120 Å². The number of benzene rings is 2. The number of rotatable bonds is 1. The standard InChI is InChI=1S/C17H12F3N/c1-11-7-8-15-14(9-11)13(12-5-3-2-4-6-12)10-16(21-15)17(18,19)20/h2-10H,1H3. The SMILES string of the molecule is Cc1ccc2nc(C(F)(F)F)cc(-c3ccccc3)c2c1. The van der Waals surface area contributed by atoms with E-state index in [4.69, 9.17) is 0 Å². The summed E-state index contributed by atoms with van der Waals surface area (Å²) >= 11 is 0. The first-order chi connectivity index (χ1) is 9.95. The number of nitrogens with zero attached hydrogens (tertiary/aromatic N) is 1. The number of fused-ring (bicyclic) bond motifs is 1. The van der Waals surface area contributed by atoms with Crippen molar-refractivity contribution in [3.05, 3.63) is 65.9 Å². The van der Waals surface area contributed by atoms with E-state index in [1.807, 2.05) is 31.2 Å². The normalized spacial score (nSPS) is 11.8. The number of hydrogen-bond acceptors (Lipinski definition) is 1. The summed E-state index contributed by atoms with van der Waals surface area (Å²) in [6, 6.07) is 15.4. The van der Waals surface area contributed by atoms with E-state index >= 15 is 0 Å². The average molecular weight is 287 g/mol. The monoisotopic (exact) mass is 287 g/mol. The summed E-state index contributed by atoms with van der Waals surface area (Å²) in [5, 5.41) is 0.731. The fraction of sp³-hybridized carbons (Fsp3) is 0.118. The van der Waals surface area contributed by atoms with Crippen molar-refractivity contribution in [3.63, 3.8) is 0 Å². The van der Waals surface area contributed by atoms with Gasteiger partial charge in [-0.2, -0.15) is 13.2 Å². The van der Waals surface area contributed by atoms with Gasteiger partial charge in [-0.1, -0.05) is 42.0 Å². The van der Waals surface area contributed by atoms with Gasteiger partial charge in [0, 0.05) is 5.39 Å². The van der Waals surface area contributed by atoms with Crippen molar-refractivity contribution in [2.75, 3.05) is 0 Å². The fourth-order valence-electron chi connectivity index (χ4n) is 2.34. The maximum Gasteiger partial charge on any atom is 0.433 e. The number of aryl methyl sites for hydroxylation is 1. The molecular weight excluding hydrogens is 275 g/mol. The third-order valence-corrected chi connectivity index (χ3v) is 3.34. The molecule has 3 rings (SSSR count). The highest BCUT2D eigenvalue weighted by Crippen LogP contribution is 2.35. The van der Waals surface area contributed by atoms with Gasteiger partial charge >= 0.3 is 6.18 Å². The summed E-state index contributed by atoms with van der Waals surface area (Å²) in [4.78, 5) is 3.75. The van der Waals surface area contributed by atoms with E-state index in [0.717, 1.165) is 22.6 Å². The van der Waals surface area contributed by atoms with E-state index in [-0.39, 0.29) is 0 Å². The first-order valence-electron chi connectivity index (χ1n) is 6.49. The lowest BCUT2D eigenvalue weighted by Gasteiger charge is -2.12. The van der Waals surface area contributed by atoms with E-state index in [1.54, 1.807) is 24.3 Å². The maximum absolute atomic E-state index is 13.0. The van der Waals surface area contributed by atoms with Gasteiger partial charge in [-0.15, -0.1) is 0 Å². The van der Waals surface area contributed by atoms with Crippen LogP contribution in [0, 0.1) is 6.92 Å². The second kappa shape index (κ2) is 4.88. The fourth-order valence-corrected chi connectivity index (χ4v) is 2.34. The van der Waals surface area contributed by atoms with Gasteiger partial charge in [0.15, 0.2) is 0 Å². The molecule has 0 N–H and O–H groups in total. The summed E-state index contributed by atoms with van der Waals surface area (Å²) in [6.45, 7) is 1.91. The lowest BCUT2D eigenvalue weighted by molar-refractivity contribution is -0.140. The molecule has 0 saturated carbocycles. The van der Waals surface area contributed by atoms with Gasteiger partial charge in [0.1, 0.15) is 5.69 Å². The molecule has 0 radical (unpaired) electrons. The highest BCUT2D eigenvalue weighted by atomic mass is 19.4. The van der Waals surface area contributed by atoms with Crippen LogP contribution >= 0.6 is 0 Å². The van der Waals surface area contributed by atoms with Crippen LogP contribution in [0.25, 0.3) is 22.0 Å². The Hall–Kier alpha value is -2.36. The molecule has 0 aliphatic carbocycles. The molecule has 1 aromatic heterocycles. The number of halogens is 3. The molecule has 3 aromatic rings. The minimum absolute atomic E-state index is 0.356. The van der Waals surface area contributed by atoms with Crippen LogP contribution in [0.5, 0.6) is 0 Å². The average Bonchev–Trinajstić information content (AvgIpc) is 2.46. The minimum Gasteiger partial charge on any atom is -0.243 e. The lowest BCUT2D eigenvalue weighted by Crippen LogP contribution is -2.08. The molecule has 0 aliphatic heterocycles. The third kappa shape index (κ3) is 2.61. The molecule has 4 heteroatoms. The highest BCUT2D eigenvalue weighted by Gasteiger charge is 2.33. The molecule has 0 bridgehead atoms. The summed E-state index contributed by atoms with van der Waals surface area (Å²) < 4.78 is 39.1. The van der Waals surface area contributed by atoms with E-state index in [0.29, 0.717) is 11.1 Å². The van der Waals surface area contributed by atoms with Gasteiger partial charge in [-0.3, -0.25) is 0 Å². The largest absolute Gasteiger partial charge is 0.433 e. The summed E-state index contributed by atoms with van der Waals surface area (Å²) in [7, 11) is 0. The van der Waals surface area contributed by atoms with Crippen LogP contribution in [0.2, 0.25) is 0 Å². The van der Waals surface area contributed by atoms with Crippen LogP contribution in [0.3, 0.4) is 0 Å². The number of hydrogen-bond donors (Lipinski definition) is 0. The third-order valence-electron chi connectivity index (χ3n) is 3.34. The number of aromatic nitrogens is 1. The smallest absolute Gasteiger partial charge is 0.243 e. The Kier molecular flexibility index (Phi) is 3.16. The zero-order chi connectivity index (χ0) is 15.0. The lowest BCUT2D eigenvalue weighted by atomic mass is 9.99. The molecule has 0 amide bonds. The molecule has 0 atom stereocenters. The Balaban J connectivity index is 2.36. The first-order valence-corrected chi connectivity index (χ1v) is 6.49. The predicted octanol–water partition coefficient (Wildman–Crippen LogP) is 5.23. The predicted molar refractivity (Wildman–Crippen MR) is 76.9 cm³/mol. The van der Waals surface area contributed by atoms with Gasteiger partial charge in [-0.05, 0) is 36.2 Å². The molecule has 21 heavy (non-hydrogen) atoms. The Morgan fingerprint density at radius 3 is 2.29 bits per heavy atom. The highest BCUT2D eigenvalue weighted by molar-refractivity contribution is 5.95. The number of alkyl halides is 3. The Bertz CT molecular complexity index is 792. The van der Waals surface area contributed by atoms with Crippen LogP contribution in [-0.2, 0) is 6.18 Å². The van der Waals surface area contributed by atoms with Crippen molar-refractivity contribution < 1.29 is 13.2 Å². The second-order valence-corrected chi connectivity index (χ2v) is 4.94. The quantitative estimate of drug-likeness (QED) is 0.597. The van der Waals surface area contributed by atoms with Gasteiger partial charge < -0.3 is 0 Å². The summed E-state index contributed by atoms with van der Waals surface area (Å²) in [5.74, 6) is 0. The van der Waals surface area contributed by atoms with Crippen molar-refractivity contribution in [2.24, 2.45) is 0 Å². The maximum atomic E-state index is 13.0. The zero-order valence-corrected chi connectivity index (χ0v) is 11.3. The van der Waals surface area contributed by atoms with Crippen LogP contribution in [0.4, 0.5) is 13.2 Å². The topological polar surface area (TPSA) is 12.9 Å². The molecule has 0 fully saturated rings. The summed E-state index contributed by atoms with van der Waals surface area (Å²) in [6.07, 6.45) is -4.46. The van der Waals surface area contributed by atoms with Crippen molar-refractivity contribution in [3.8, 4) is 11.1 Å². The van der Waals surface area contributed by atoms with E-state index in [9.17, 15) is 13.2 Å². The van der Waals surface area contributed by atoms with Crippen molar-refractivity contribution in [1.29, 1.82) is 0 Å². The van der Waals surface area contributed by atoms with Crippen LogP contribution < -0.4 is 0 Å².